The quantitative estimate of drug-likeness (QED) is 0.745. The number of nitrogens with zero attached hydrogens (tertiary/aromatic N) is 1. The normalized spacial score (nSPS) is 11.8. The second-order valence-corrected chi connectivity index (χ2v) is 6.30. The van der Waals surface area contributed by atoms with Crippen LogP contribution in [0.5, 0.6) is 0 Å². The summed E-state index contributed by atoms with van der Waals surface area (Å²) >= 11 is 5.59. The fourth-order valence-corrected chi connectivity index (χ4v) is 3.01. The Hall–Kier alpha value is -1.64. The molecule has 0 unspecified atom stereocenters. The Kier molecular flexibility index (Phi) is 3.98. The maximum atomic E-state index is 13.8. The molecule has 2 aromatic rings. The number of nitrogen functional groups attached to an aromatic ring is 1. The van der Waals surface area contributed by atoms with Gasteiger partial charge in [0, 0.05) is 23.5 Å². The van der Waals surface area contributed by atoms with E-state index in [-0.39, 0.29) is 17.3 Å². The average molecular weight is 319 g/mol. The minimum atomic E-state index is -4.06. The van der Waals surface area contributed by atoms with Crippen molar-refractivity contribution < 1.29 is 12.8 Å². The van der Waals surface area contributed by atoms with Crippen molar-refractivity contribution in [3.05, 3.63) is 40.4 Å². The third-order valence-electron chi connectivity index (χ3n) is 2.69. The molecule has 6 nitrogen and oxygen atoms in total. The number of H-pyrrole nitrogens is 1. The van der Waals surface area contributed by atoms with E-state index >= 15 is 0 Å². The van der Waals surface area contributed by atoms with Gasteiger partial charge in [-0.1, -0.05) is 11.6 Å². The molecule has 1 heterocycles. The lowest BCUT2D eigenvalue weighted by Crippen LogP contribution is -2.24. The Bertz CT molecular complexity index is 745. The Balaban J connectivity index is 2.29. The van der Waals surface area contributed by atoms with Crippen LogP contribution in [0.15, 0.2) is 23.2 Å². The van der Waals surface area contributed by atoms with Gasteiger partial charge in [-0.15, -0.1) is 0 Å². The highest BCUT2D eigenvalue weighted by Gasteiger charge is 2.22. The number of sulfonamides is 1. The van der Waals surface area contributed by atoms with Gasteiger partial charge >= 0.3 is 0 Å². The molecule has 0 aliphatic rings. The first-order chi connectivity index (χ1) is 9.31. The number of aromatic nitrogens is 2. The minimum Gasteiger partial charge on any atom is -0.399 e. The van der Waals surface area contributed by atoms with Gasteiger partial charge in [-0.25, -0.2) is 17.5 Å². The fraction of sp³-hybridized carbons (Fsp3) is 0.182. The molecule has 0 aliphatic heterocycles. The van der Waals surface area contributed by atoms with E-state index in [0.717, 1.165) is 17.8 Å². The number of nitrogens with two attached hydrogens (primary N) is 1. The van der Waals surface area contributed by atoms with E-state index in [0.29, 0.717) is 5.56 Å². The van der Waals surface area contributed by atoms with Gasteiger partial charge in [-0.05, 0) is 19.1 Å². The van der Waals surface area contributed by atoms with Crippen molar-refractivity contribution in [2.75, 3.05) is 5.73 Å². The fourth-order valence-electron chi connectivity index (χ4n) is 1.58. The summed E-state index contributed by atoms with van der Waals surface area (Å²) in [6, 6.07) is 2.17. The molecule has 1 aromatic heterocycles. The molecule has 0 saturated heterocycles. The lowest BCUT2D eigenvalue weighted by Gasteiger charge is -2.09. The summed E-state index contributed by atoms with van der Waals surface area (Å²) in [4.78, 5) is -0.580. The van der Waals surface area contributed by atoms with Crippen molar-refractivity contribution in [1.29, 1.82) is 0 Å². The van der Waals surface area contributed by atoms with Gasteiger partial charge in [0.15, 0.2) is 5.82 Å². The van der Waals surface area contributed by atoms with Crippen LogP contribution in [0.2, 0.25) is 5.02 Å². The number of hydrogen-bond acceptors (Lipinski definition) is 4. The molecule has 9 heteroatoms. The minimum absolute atomic E-state index is 0.0173. The van der Waals surface area contributed by atoms with Crippen LogP contribution >= 0.6 is 11.6 Å². The highest BCUT2D eigenvalue weighted by Crippen LogP contribution is 2.25. The van der Waals surface area contributed by atoms with Crippen molar-refractivity contribution in [3.8, 4) is 0 Å². The summed E-state index contributed by atoms with van der Waals surface area (Å²) in [5, 5.41) is 6.10. The summed E-state index contributed by atoms with van der Waals surface area (Å²) in [6.07, 6.45) is 1.49. The number of benzene rings is 1. The van der Waals surface area contributed by atoms with Gasteiger partial charge in [0.1, 0.15) is 4.90 Å². The molecule has 0 atom stereocenters. The van der Waals surface area contributed by atoms with Crippen LogP contribution in [0, 0.1) is 12.7 Å². The summed E-state index contributed by atoms with van der Waals surface area (Å²) in [5.41, 5.74) is 6.93. The van der Waals surface area contributed by atoms with Gasteiger partial charge in [-0.3, -0.25) is 5.10 Å². The predicted octanol–water partition coefficient (Wildman–Crippen LogP) is 1.57. The van der Waals surface area contributed by atoms with Crippen molar-refractivity contribution in [3.63, 3.8) is 0 Å². The largest absolute Gasteiger partial charge is 0.399 e. The van der Waals surface area contributed by atoms with Crippen molar-refractivity contribution in [2.24, 2.45) is 0 Å². The maximum absolute atomic E-state index is 13.8. The number of rotatable bonds is 4. The Labute approximate surface area is 120 Å². The first-order valence-corrected chi connectivity index (χ1v) is 7.40. The van der Waals surface area contributed by atoms with Gasteiger partial charge in [0.2, 0.25) is 10.0 Å². The van der Waals surface area contributed by atoms with E-state index < -0.39 is 20.7 Å². The standard InChI is InChI=1S/C11H12ClFN4O2S/c1-6-7(4-15-17-6)5-16-20(18,19)10-3-8(14)2-9(12)11(10)13/h2-4,16H,5,14H2,1H3,(H,15,17). The molecule has 0 radical (unpaired) electrons. The first kappa shape index (κ1) is 14.8. The van der Waals surface area contributed by atoms with Crippen molar-refractivity contribution >= 4 is 27.3 Å². The topological polar surface area (TPSA) is 101 Å². The summed E-state index contributed by atoms with van der Waals surface area (Å²) in [6.45, 7) is 1.73. The second kappa shape index (κ2) is 5.39. The summed E-state index contributed by atoms with van der Waals surface area (Å²) < 4.78 is 40.2. The number of nitrogens with one attached hydrogen (secondary N) is 2. The van der Waals surface area contributed by atoms with Gasteiger partial charge in [-0.2, -0.15) is 5.10 Å². The third-order valence-corrected chi connectivity index (χ3v) is 4.37. The zero-order chi connectivity index (χ0) is 14.9. The van der Waals surface area contributed by atoms with Gasteiger partial charge in [0.05, 0.1) is 11.2 Å². The molecule has 20 heavy (non-hydrogen) atoms. The van der Waals surface area contributed by atoms with Crippen molar-refractivity contribution in [2.45, 2.75) is 18.4 Å². The Morgan fingerprint density at radius 2 is 2.20 bits per heavy atom. The first-order valence-electron chi connectivity index (χ1n) is 5.54. The molecule has 4 N–H and O–H groups in total. The zero-order valence-electron chi connectivity index (χ0n) is 10.4. The van der Waals surface area contributed by atoms with Crippen LogP contribution in [-0.4, -0.2) is 18.6 Å². The summed E-state index contributed by atoms with van der Waals surface area (Å²) in [5.74, 6) is -1.03. The molecule has 2 rings (SSSR count). The van der Waals surface area contributed by atoms with E-state index in [1.54, 1.807) is 6.92 Å². The molecule has 0 fully saturated rings. The number of halogens is 2. The Morgan fingerprint density at radius 3 is 2.80 bits per heavy atom. The highest BCUT2D eigenvalue weighted by molar-refractivity contribution is 7.89. The SMILES string of the molecule is Cc1[nH]ncc1CNS(=O)(=O)c1cc(N)cc(Cl)c1F. The number of aromatic amines is 1. The molecule has 0 saturated carbocycles. The zero-order valence-corrected chi connectivity index (χ0v) is 12.0. The molecular formula is C11H12ClFN4O2S. The van der Waals surface area contributed by atoms with Crippen LogP contribution < -0.4 is 10.5 Å². The molecule has 1 aromatic carbocycles. The monoisotopic (exact) mass is 318 g/mol. The number of aryl methyl sites for hydroxylation is 1. The lowest BCUT2D eigenvalue weighted by atomic mass is 10.3. The summed E-state index contributed by atoms with van der Waals surface area (Å²) in [7, 11) is -4.06. The van der Waals surface area contributed by atoms with Crippen LogP contribution in [-0.2, 0) is 16.6 Å². The van der Waals surface area contributed by atoms with E-state index in [2.05, 4.69) is 14.9 Å². The van der Waals surface area contributed by atoms with E-state index in [4.69, 9.17) is 17.3 Å². The van der Waals surface area contributed by atoms with E-state index in [1.165, 1.54) is 6.20 Å². The highest BCUT2D eigenvalue weighted by atomic mass is 35.5. The van der Waals surface area contributed by atoms with Crippen LogP contribution in [0.3, 0.4) is 0 Å². The smallest absolute Gasteiger partial charge is 0.243 e. The lowest BCUT2D eigenvalue weighted by molar-refractivity contribution is 0.557. The molecule has 108 valence electrons. The third kappa shape index (κ3) is 2.92. The number of anilines is 1. The molecule has 0 bridgehead atoms. The molecular weight excluding hydrogens is 307 g/mol. The Morgan fingerprint density at radius 1 is 1.50 bits per heavy atom. The molecule has 0 aliphatic carbocycles. The van der Waals surface area contributed by atoms with E-state index in [1.807, 2.05) is 0 Å². The second-order valence-electron chi connectivity index (χ2n) is 4.16. The number of hydrogen-bond donors (Lipinski definition) is 3. The van der Waals surface area contributed by atoms with Gasteiger partial charge < -0.3 is 5.73 Å². The van der Waals surface area contributed by atoms with Crippen LogP contribution in [0.4, 0.5) is 10.1 Å². The van der Waals surface area contributed by atoms with Gasteiger partial charge in [0.25, 0.3) is 0 Å². The average Bonchev–Trinajstić information content (AvgIpc) is 2.77. The maximum Gasteiger partial charge on any atom is 0.243 e. The molecule has 0 spiro atoms. The predicted molar refractivity (Wildman–Crippen MR) is 73.2 cm³/mol. The molecule has 0 amide bonds. The van der Waals surface area contributed by atoms with E-state index in [9.17, 15) is 12.8 Å². The van der Waals surface area contributed by atoms with Crippen LogP contribution in [0.25, 0.3) is 0 Å². The van der Waals surface area contributed by atoms with Crippen molar-refractivity contribution in [1.82, 2.24) is 14.9 Å². The van der Waals surface area contributed by atoms with Crippen LogP contribution in [0.1, 0.15) is 11.3 Å².